The number of aliphatic hydroxyl groups is 1. The number of hydrogen-bond acceptors (Lipinski definition) is 2. The zero-order chi connectivity index (χ0) is 20.6. The highest BCUT2D eigenvalue weighted by atomic mass is 16.6. The van der Waals surface area contributed by atoms with Gasteiger partial charge >= 0.3 is 0 Å². The third kappa shape index (κ3) is 3.18. The Bertz CT molecular complexity index is 680. The van der Waals surface area contributed by atoms with Gasteiger partial charge in [0, 0.05) is 0 Å². The molecule has 0 amide bonds. The second-order valence-corrected chi connectivity index (χ2v) is 12.6. The summed E-state index contributed by atoms with van der Waals surface area (Å²) in [4.78, 5) is 0. The van der Waals surface area contributed by atoms with Crippen LogP contribution in [-0.2, 0) is 4.74 Å². The fourth-order valence-electron chi connectivity index (χ4n) is 8.97. The summed E-state index contributed by atoms with van der Waals surface area (Å²) in [5, 5.41) is 10.2. The zero-order valence-electron chi connectivity index (χ0n) is 19.5. The molecule has 9 unspecified atom stereocenters. The molecule has 4 aliphatic carbocycles. The van der Waals surface area contributed by atoms with Gasteiger partial charge in [-0.2, -0.15) is 0 Å². The summed E-state index contributed by atoms with van der Waals surface area (Å²) in [6.45, 7) is 12.3. The van der Waals surface area contributed by atoms with Crippen LogP contribution in [-0.4, -0.2) is 22.9 Å². The molecule has 9 atom stereocenters. The van der Waals surface area contributed by atoms with Crippen molar-refractivity contribution in [1.29, 1.82) is 0 Å². The number of allylic oxidation sites excluding steroid dienone is 1. The molecule has 0 aromatic heterocycles. The van der Waals surface area contributed by atoms with Crippen LogP contribution in [0.1, 0.15) is 98.8 Å². The van der Waals surface area contributed by atoms with Crippen LogP contribution in [0.2, 0.25) is 0 Å². The highest BCUT2D eigenvalue weighted by molar-refractivity contribution is 5.25. The predicted octanol–water partition coefficient (Wildman–Crippen LogP) is 6.52. The summed E-state index contributed by atoms with van der Waals surface area (Å²) < 4.78 is 5.86. The van der Waals surface area contributed by atoms with Gasteiger partial charge in [0.1, 0.15) is 0 Å². The van der Waals surface area contributed by atoms with E-state index in [4.69, 9.17) is 4.74 Å². The first kappa shape index (κ1) is 20.6. The number of hydrogen-bond donors (Lipinski definition) is 1. The van der Waals surface area contributed by atoms with Gasteiger partial charge in [-0.15, -0.1) is 0 Å². The van der Waals surface area contributed by atoms with Crippen LogP contribution in [0.5, 0.6) is 0 Å². The second kappa shape index (κ2) is 6.83. The van der Waals surface area contributed by atoms with Crippen LogP contribution < -0.4 is 0 Å². The molecule has 0 radical (unpaired) electrons. The van der Waals surface area contributed by atoms with Gasteiger partial charge in [0.25, 0.3) is 0 Å². The molecule has 5 aliphatic rings. The van der Waals surface area contributed by atoms with Crippen molar-refractivity contribution < 1.29 is 9.84 Å². The van der Waals surface area contributed by atoms with Crippen molar-refractivity contribution in [3.8, 4) is 0 Å². The third-order valence-corrected chi connectivity index (χ3v) is 10.9. The molecule has 2 nitrogen and oxygen atoms in total. The minimum absolute atomic E-state index is 0.0862. The summed E-state index contributed by atoms with van der Waals surface area (Å²) in [7, 11) is 0. The van der Waals surface area contributed by atoms with Gasteiger partial charge in [-0.3, -0.25) is 0 Å². The Hall–Kier alpha value is -0.340. The van der Waals surface area contributed by atoms with Gasteiger partial charge in [-0.25, -0.2) is 0 Å². The molecule has 164 valence electrons. The fourth-order valence-corrected chi connectivity index (χ4v) is 8.97. The van der Waals surface area contributed by atoms with Crippen molar-refractivity contribution in [2.45, 2.75) is 117 Å². The number of aliphatic hydroxyl groups excluding tert-OH is 1. The lowest BCUT2D eigenvalue weighted by molar-refractivity contribution is -0.0573. The average molecular weight is 401 g/mol. The molecule has 1 aliphatic heterocycles. The minimum atomic E-state index is -0.0862. The molecule has 2 heteroatoms. The number of ether oxygens (including phenoxy) is 1. The SMILES string of the molecule is CC(CCC1OC1(C)C)C1CCC2C3CC=C4CC(O)CCC4(C)C3CCC12C. The number of rotatable bonds is 4. The van der Waals surface area contributed by atoms with Crippen molar-refractivity contribution >= 4 is 0 Å². The molecule has 0 spiro atoms. The first-order valence-electron chi connectivity index (χ1n) is 12.7. The molecule has 4 fully saturated rings. The van der Waals surface area contributed by atoms with E-state index in [1.807, 2.05) is 0 Å². The molecule has 0 aromatic rings. The summed E-state index contributed by atoms with van der Waals surface area (Å²) in [5.41, 5.74) is 2.68. The van der Waals surface area contributed by atoms with E-state index in [0.29, 0.717) is 16.9 Å². The first-order chi connectivity index (χ1) is 13.6. The number of epoxide rings is 1. The smallest absolute Gasteiger partial charge is 0.0892 e. The predicted molar refractivity (Wildman–Crippen MR) is 119 cm³/mol. The van der Waals surface area contributed by atoms with E-state index in [-0.39, 0.29) is 11.7 Å². The molecule has 5 rings (SSSR count). The van der Waals surface area contributed by atoms with Crippen LogP contribution in [0.25, 0.3) is 0 Å². The maximum absolute atomic E-state index is 10.2. The van der Waals surface area contributed by atoms with E-state index >= 15 is 0 Å². The van der Waals surface area contributed by atoms with Crippen molar-refractivity contribution in [3.05, 3.63) is 11.6 Å². The minimum Gasteiger partial charge on any atom is -0.393 e. The lowest BCUT2D eigenvalue weighted by Gasteiger charge is -2.58. The van der Waals surface area contributed by atoms with Crippen LogP contribution in [0, 0.1) is 40.4 Å². The molecule has 3 saturated carbocycles. The lowest BCUT2D eigenvalue weighted by Crippen LogP contribution is -2.50. The molecular weight excluding hydrogens is 356 g/mol. The largest absolute Gasteiger partial charge is 0.393 e. The van der Waals surface area contributed by atoms with Crippen LogP contribution in [0.15, 0.2) is 11.6 Å². The average Bonchev–Trinajstić information content (AvgIpc) is 3.11. The molecule has 1 saturated heterocycles. The normalized spacial score (nSPS) is 51.4. The fraction of sp³-hybridized carbons (Fsp3) is 0.926. The highest BCUT2D eigenvalue weighted by Crippen LogP contribution is 2.67. The Morgan fingerprint density at radius 2 is 1.83 bits per heavy atom. The maximum Gasteiger partial charge on any atom is 0.0892 e. The monoisotopic (exact) mass is 400 g/mol. The molecule has 0 aromatic carbocycles. The molecule has 1 heterocycles. The van der Waals surface area contributed by atoms with Crippen LogP contribution in [0.3, 0.4) is 0 Å². The summed E-state index contributed by atoms with van der Waals surface area (Å²) in [6.07, 6.45) is 15.8. The van der Waals surface area contributed by atoms with Crippen LogP contribution in [0.4, 0.5) is 0 Å². The van der Waals surface area contributed by atoms with E-state index in [1.54, 1.807) is 5.57 Å². The van der Waals surface area contributed by atoms with Crippen LogP contribution >= 0.6 is 0 Å². The zero-order valence-corrected chi connectivity index (χ0v) is 19.5. The Balaban J connectivity index is 1.30. The summed E-state index contributed by atoms with van der Waals surface area (Å²) in [6, 6.07) is 0. The summed E-state index contributed by atoms with van der Waals surface area (Å²) >= 11 is 0. The topological polar surface area (TPSA) is 32.8 Å². The van der Waals surface area contributed by atoms with Gasteiger partial charge in [-0.1, -0.05) is 32.4 Å². The third-order valence-electron chi connectivity index (χ3n) is 10.9. The Morgan fingerprint density at radius 1 is 1.07 bits per heavy atom. The van der Waals surface area contributed by atoms with Crippen molar-refractivity contribution in [3.63, 3.8) is 0 Å². The molecule has 1 N–H and O–H groups in total. The standard InChI is InChI=1S/C27H44O2/c1-17(6-11-24-25(2,3)29-24)21-9-10-22-20-8-7-18-16-19(28)12-14-26(18,4)23(20)13-15-27(21,22)5/h7,17,19-24,28H,6,8-16H2,1-5H3. The molecule has 29 heavy (non-hydrogen) atoms. The second-order valence-electron chi connectivity index (χ2n) is 12.6. The van der Waals surface area contributed by atoms with E-state index in [0.717, 1.165) is 42.4 Å². The lowest BCUT2D eigenvalue weighted by atomic mass is 9.47. The van der Waals surface area contributed by atoms with Gasteiger partial charge in [0.2, 0.25) is 0 Å². The Morgan fingerprint density at radius 3 is 2.55 bits per heavy atom. The van der Waals surface area contributed by atoms with Crippen molar-refractivity contribution in [1.82, 2.24) is 0 Å². The van der Waals surface area contributed by atoms with Gasteiger partial charge in [0.05, 0.1) is 17.8 Å². The first-order valence-corrected chi connectivity index (χ1v) is 12.7. The number of fused-ring (bicyclic) bond motifs is 5. The highest BCUT2D eigenvalue weighted by Gasteiger charge is 2.59. The molecule has 0 bridgehead atoms. The quantitative estimate of drug-likeness (QED) is 0.430. The Labute approximate surface area is 178 Å². The van der Waals surface area contributed by atoms with Gasteiger partial charge in [-0.05, 0) is 118 Å². The summed E-state index contributed by atoms with van der Waals surface area (Å²) in [5.74, 6) is 4.41. The van der Waals surface area contributed by atoms with Gasteiger partial charge < -0.3 is 9.84 Å². The van der Waals surface area contributed by atoms with Crippen molar-refractivity contribution in [2.75, 3.05) is 0 Å². The van der Waals surface area contributed by atoms with E-state index in [1.165, 1.54) is 51.4 Å². The van der Waals surface area contributed by atoms with E-state index in [9.17, 15) is 5.11 Å². The van der Waals surface area contributed by atoms with E-state index < -0.39 is 0 Å². The molecular formula is C27H44O2. The van der Waals surface area contributed by atoms with E-state index in [2.05, 4.69) is 40.7 Å². The van der Waals surface area contributed by atoms with Crippen molar-refractivity contribution in [2.24, 2.45) is 40.4 Å². The Kier molecular flexibility index (Phi) is 4.84. The van der Waals surface area contributed by atoms with Gasteiger partial charge in [0.15, 0.2) is 0 Å². The maximum atomic E-state index is 10.2.